The highest BCUT2D eigenvalue weighted by Crippen LogP contribution is 2.24. The predicted octanol–water partition coefficient (Wildman–Crippen LogP) is 2.59. The van der Waals surface area contributed by atoms with E-state index in [1.165, 1.54) is 0 Å². The first-order valence-electron chi connectivity index (χ1n) is 6.12. The van der Waals surface area contributed by atoms with Crippen LogP contribution in [0.1, 0.15) is 5.56 Å². The molecule has 0 bridgehead atoms. The fourth-order valence-electron chi connectivity index (χ4n) is 2.19. The summed E-state index contributed by atoms with van der Waals surface area (Å²) in [4.78, 5) is 0. The number of nitrogens with zero attached hydrogens (tertiary/aromatic N) is 1. The van der Waals surface area contributed by atoms with Crippen molar-refractivity contribution in [3.8, 4) is 11.6 Å². The average Bonchev–Trinajstić information content (AvgIpc) is 2.43. The van der Waals surface area contributed by atoms with Crippen molar-refractivity contribution in [2.24, 2.45) is 0 Å². The van der Waals surface area contributed by atoms with Crippen molar-refractivity contribution < 1.29 is 14.8 Å². The van der Waals surface area contributed by atoms with E-state index in [4.69, 9.17) is 0 Å². The molecule has 3 rings (SSSR count). The number of pyridine rings is 1. The molecule has 1 heterocycles. The van der Waals surface area contributed by atoms with Gasteiger partial charge in [-0.2, -0.15) is 4.57 Å². The van der Waals surface area contributed by atoms with Crippen molar-refractivity contribution in [2.75, 3.05) is 0 Å². The summed E-state index contributed by atoms with van der Waals surface area (Å²) in [6.07, 6.45) is 1.82. The summed E-state index contributed by atoms with van der Waals surface area (Å²) in [5, 5.41) is 21.3. The van der Waals surface area contributed by atoms with Gasteiger partial charge >= 0.3 is 5.88 Å². The molecule has 0 unspecified atom stereocenters. The molecule has 94 valence electrons. The molecule has 0 atom stereocenters. The van der Waals surface area contributed by atoms with Crippen LogP contribution in [0.25, 0.3) is 10.8 Å². The van der Waals surface area contributed by atoms with E-state index < -0.39 is 0 Å². The quantitative estimate of drug-likeness (QED) is 0.688. The van der Waals surface area contributed by atoms with Crippen LogP contribution >= 0.6 is 0 Å². The molecule has 3 nitrogen and oxygen atoms in total. The maximum atomic E-state index is 10.3. The summed E-state index contributed by atoms with van der Waals surface area (Å²) in [7, 11) is 0. The molecule has 3 heteroatoms. The van der Waals surface area contributed by atoms with E-state index in [2.05, 4.69) is 0 Å². The number of rotatable bonds is 2. The molecule has 2 aromatic carbocycles. The minimum Gasteiger partial charge on any atom is -0.508 e. The van der Waals surface area contributed by atoms with Crippen molar-refractivity contribution in [1.82, 2.24) is 0 Å². The van der Waals surface area contributed by atoms with Crippen molar-refractivity contribution >= 4 is 10.8 Å². The molecule has 0 aliphatic heterocycles. The minimum absolute atomic E-state index is 0.202. The second-order valence-corrected chi connectivity index (χ2v) is 4.52. The molecule has 0 amide bonds. The van der Waals surface area contributed by atoms with Gasteiger partial charge in [0.1, 0.15) is 5.75 Å². The molecule has 0 aliphatic carbocycles. The number of aromatic hydroxyl groups is 2. The molecule has 0 saturated carbocycles. The average molecular weight is 252 g/mol. The third kappa shape index (κ3) is 2.22. The fourth-order valence-corrected chi connectivity index (χ4v) is 2.19. The van der Waals surface area contributed by atoms with E-state index in [-0.39, 0.29) is 11.6 Å². The summed E-state index contributed by atoms with van der Waals surface area (Å²) < 4.78 is 1.79. The van der Waals surface area contributed by atoms with Gasteiger partial charge < -0.3 is 10.2 Å². The van der Waals surface area contributed by atoms with Gasteiger partial charge in [-0.25, -0.2) is 0 Å². The van der Waals surface area contributed by atoms with Gasteiger partial charge in [0, 0.05) is 17.0 Å². The highest BCUT2D eigenvalue weighted by molar-refractivity contribution is 5.86. The predicted molar refractivity (Wildman–Crippen MR) is 73.0 cm³/mol. The van der Waals surface area contributed by atoms with E-state index in [1.807, 2.05) is 42.6 Å². The Morgan fingerprint density at radius 2 is 1.68 bits per heavy atom. The lowest BCUT2D eigenvalue weighted by Crippen LogP contribution is -2.33. The Bertz CT molecular complexity index is 723. The molecule has 19 heavy (non-hydrogen) atoms. The third-order valence-electron chi connectivity index (χ3n) is 3.18. The molecule has 0 radical (unpaired) electrons. The lowest BCUT2D eigenvalue weighted by molar-refractivity contribution is -0.692. The second kappa shape index (κ2) is 4.61. The number of benzene rings is 2. The number of fused-ring (bicyclic) bond motifs is 1. The number of aromatic nitrogens is 1. The largest absolute Gasteiger partial charge is 0.508 e. The summed E-state index contributed by atoms with van der Waals surface area (Å²) in [6, 6.07) is 16.8. The molecule has 0 spiro atoms. The Balaban J connectivity index is 2.06. The van der Waals surface area contributed by atoms with E-state index in [9.17, 15) is 10.2 Å². The molecular formula is C16H14NO2+. The molecule has 3 aromatic rings. The smallest absolute Gasteiger partial charge is 0.373 e. The molecule has 0 fully saturated rings. The maximum Gasteiger partial charge on any atom is 0.373 e. The van der Waals surface area contributed by atoms with E-state index in [0.717, 1.165) is 16.3 Å². The highest BCUT2D eigenvalue weighted by atomic mass is 16.3. The van der Waals surface area contributed by atoms with Crippen LogP contribution in [-0.4, -0.2) is 10.2 Å². The number of hydrogen-bond donors (Lipinski definition) is 2. The fraction of sp³-hybridized carbons (Fsp3) is 0.0625. The number of phenolic OH excluding ortho intramolecular Hbond substituents is 1. The van der Waals surface area contributed by atoms with Gasteiger partial charge in [-0.3, -0.25) is 0 Å². The second-order valence-electron chi connectivity index (χ2n) is 4.52. The lowest BCUT2D eigenvalue weighted by atomic mass is 10.1. The van der Waals surface area contributed by atoms with Gasteiger partial charge in [-0.1, -0.05) is 30.3 Å². The van der Waals surface area contributed by atoms with Gasteiger partial charge in [0.2, 0.25) is 0 Å². The van der Waals surface area contributed by atoms with Crippen molar-refractivity contribution in [3.63, 3.8) is 0 Å². The highest BCUT2D eigenvalue weighted by Gasteiger charge is 2.14. The zero-order valence-corrected chi connectivity index (χ0v) is 10.3. The molecule has 0 saturated heterocycles. The monoisotopic (exact) mass is 252 g/mol. The number of hydrogen-bond acceptors (Lipinski definition) is 2. The summed E-state index contributed by atoms with van der Waals surface area (Å²) >= 11 is 0. The summed E-state index contributed by atoms with van der Waals surface area (Å²) in [6.45, 7) is 0.615. The molecular weight excluding hydrogens is 238 g/mol. The Kier molecular flexibility index (Phi) is 2.80. The first-order valence-corrected chi connectivity index (χ1v) is 6.12. The zero-order chi connectivity index (χ0) is 13.2. The van der Waals surface area contributed by atoms with Gasteiger partial charge in [0.25, 0.3) is 0 Å². The Morgan fingerprint density at radius 3 is 2.47 bits per heavy atom. The van der Waals surface area contributed by atoms with Gasteiger partial charge in [-0.05, 0) is 18.2 Å². The first-order chi connectivity index (χ1) is 9.24. The molecule has 1 aromatic heterocycles. The van der Waals surface area contributed by atoms with Crippen molar-refractivity contribution in [1.29, 1.82) is 0 Å². The topological polar surface area (TPSA) is 44.3 Å². The molecule has 2 N–H and O–H groups in total. The lowest BCUT2D eigenvalue weighted by Gasteiger charge is -2.03. The van der Waals surface area contributed by atoms with Crippen LogP contribution in [0.2, 0.25) is 0 Å². The Morgan fingerprint density at radius 1 is 0.895 bits per heavy atom. The molecule has 0 aliphatic rings. The SMILES string of the molecule is Oc1ccc2c(O)[n+](Cc3ccccc3)ccc2c1. The summed E-state index contributed by atoms with van der Waals surface area (Å²) in [5.41, 5.74) is 1.13. The number of phenols is 1. The van der Waals surface area contributed by atoms with Gasteiger partial charge in [-0.15, -0.1) is 0 Å². The normalized spacial score (nSPS) is 10.7. The van der Waals surface area contributed by atoms with E-state index in [1.54, 1.807) is 22.8 Å². The van der Waals surface area contributed by atoms with Crippen LogP contribution < -0.4 is 4.57 Å². The minimum atomic E-state index is 0.202. The van der Waals surface area contributed by atoms with E-state index >= 15 is 0 Å². The van der Waals surface area contributed by atoms with Crippen LogP contribution in [0, 0.1) is 0 Å². The van der Waals surface area contributed by atoms with Gasteiger partial charge in [0.15, 0.2) is 12.7 Å². The van der Waals surface area contributed by atoms with Crippen molar-refractivity contribution in [3.05, 3.63) is 66.4 Å². The van der Waals surface area contributed by atoms with Crippen LogP contribution in [0.5, 0.6) is 11.6 Å². The van der Waals surface area contributed by atoms with E-state index in [0.29, 0.717) is 6.54 Å². The van der Waals surface area contributed by atoms with Crippen molar-refractivity contribution in [2.45, 2.75) is 6.54 Å². The standard InChI is InChI=1S/C16H13NO2/c18-14-6-7-15-13(10-14)8-9-17(16(15)19)11-12-4-2-1-3-5-12/h1-10H,11H2,(H,18,19)/p+1. The van der Waals surface area contributed by atoms with Crippen LogP contribution in [-0.2, 0) is 6.54 Å². The Labute approximate surface area is 111 Å². The first kappa shape index (κ1) is 11.5. The van der Waals surface area contributed by atoms with Gasteiger partial charge in [0.05, 0.1) is 5.39 Å². The third-order valence-corrected chi connectivity index (χ3v) is 3.18. The summed E-state index contributed by atoms with van der Waals surface area (Å²) in [5.74, 6) is 0.411. The zero-order valence-electron chi connectivity index (χ0n) is 10.3. The van der Waals surface area contributed by atoms with Crippen LogP contribution in [0.15, 0.2) is 60.8 Å². The van der Waals surface area contributed by atoms with Crippen LogP contribution in [0.4, 0.5) is 0 Å². The van der Waals surface area contributed by atoms with Crippen LogP contribution in [0.3, 0.4) is 0 Å². The Hall–Kier alpha value is -2.55. The maximum absolute atomic E-state index is 10.3.